The third-order valence-electron chi connectivity index (χ3n) is 10.5. The number of pyridine rings is 1. The SMILES string of the molecule is CC[C@@H]1NCCN2c3nc(OC[C@@H]4CCC5COCCN54)nc4c(F)c(-c5c(F)c(N)cc(C)c5C5CC5)nc(c34)O[C@@H](C)[C@H]12. The van der Waals surface area contributed by atoms with Crippen molar-refractivity contribution < 1.29 is 23.0 Å². The minimum atomic E-state index is -0.723. The topological polar surface area (TPSA) is 111 Å². The van der Waals surface area contributed by atoms with Crippen LogP contribution >= 0.6 is 0 Å². The van der Waals surface area contributed by atoms with Crippen LogP contribution in [0.25, 0.3) is 22.2 Å². The largest absolute Gasteiger partial charge is 0.472 e. The van der Waals surface area contributed by atoms with Gasteiger partial charge in [-0.25, -0.2) is 13.8 Å². The molecule has 0 amide bonds. The van der Waals surface area contributed by atoms with Crippen LogP contribution in [0.3, 0.4) is 0 Å². The minimum absolute atomic E-state index is 0.0197. The normalized spacial score (nSPS) is 28.0. The van der Waals surface area contributed by atoms with Crippen molar-refractivity contribution in [1.29, 1.82) is 0 Å². The number of halogens is 2. The fraction of sp³-hybridized carbons (Fsp3) is 0.606. The Balaban J connectivity index is 1.29. The van der Waals surface area contributed by atoms with Gasteiger partial charge in [0.2, 0.25) is 5.88 Å². The molecule has 3 aromatic rings. The van der Waals surface area contributed by atoms with E-state index in [9.17, 15) is 0 Å². The highest BCUT2D eigenvalue weighted by Crippen LogP contribution is 2.50. The summed E-state index contributed by atoms with van der Waals surface area (Å²) in [5, 5.41) is 4.00. The molecule has 8 rings (SSSR count). The van der Waals surface area contributed by atoms with E-state index < -0.39 is 11.6 Å². The summed E-state index contributed by atoms with van der Waals surface area (Å²) >= 11 is 0. The van der Waals surface area contributed by atoms with Crippen molar-refractivity contribution in [2.45, 2.75) is 89.1 Å². The second kappa shape index (κ2) is 11.2. The van der Waals surface area contributed by atoms with E-state index in [1.807, 2.05) is 13.8 Å². The summed E-state index contributed by atoms with van der Waals surface area (Å²) in [7, 11) is 0. The average molecular weight is 622 g/mol. The smallest absolute Gasteiger partial charge is 0.319 e. The maximum absolute atomic E-state index is 17.0. The van der Waals surface area contributed by atoms with Gasteiger partial charge in [0.05, 0.1) is 24.9 Å². The van der Waals surface area contributed by atoms with Crippen molar-refractivity contribution in [2.75, 3.05) is 50.1 Å². The molecule has 45 heavy (non-hydrogen) atoms. The first-order valence-corrected chi connectivity index (χ1v) is 16.5. The number of benzene rings is 1. The number of hydrogen-bond acceptors (Lipinski definition) is 10. The number of nitrogen functional groups attached to an aromatic ring is 1. The van der Waals surface area contributed by atoms with Gasteiger partial charge in [0.25, 0.3) is 0 Å². The number of aryl methyl sites for hydroxylation is 1. The maximum atomic E-state index is 17.0. The standard InChI is InChI=1S/C33H41F2N7O3/c1-4-22-30-17(3)45-32-25-29(27(35)28(38-32)24-23(18-5-6-18)16(2)13-21(36)26(24)34)39-33(40-31(25)42(30)10-9-37-22)44-15-20-8-7-19-14-43-12-11-41(19)20/h13,17-20,22,30,37H,4-12,14-15,36H2,1-3H3/t17-,19?,20-,22-,30+/m0/s1. The summed E-state index contributed by atoms with van der Waals surface area (Å²) in [6, 6.07) is 2.36. The first kappa shape index (κ1) is 29.1. The molecule has 1 aromatic carbocycles. The van der Waals surface area contributed by atoms with Gasteiger partial charge >= 0.3 is 6.01 Å². The lowest BCUT2D eigenvalue weighted by Gasteiger charge is -2.43. The molecule has 4 fully saturated rings. The number of nitrogens with one attached hydrogen (secondary N) is 1. The Morgan fingerprint density at radius 2 is 1.96 bits per heavy atom. The molecule has 5 aliphatic rings. The van der Waals surface area contributed by atoms with Crippen LogP contribution in [0.4, 0.5) is 20.3 Å². The molecule has 12 heteroatoms. The number of fused-ring (bicyclic) bond motifs is 3. The third-order valence-corrected chi connectivity index (χ3v) is 10.5. The van der Waals surface area contributed by atoms with Crippen molar-refractivity contribution in [3.05, 3.63) is 28.8 Å². The molecule has 4 aliphatic heterocycles. The number of ether oxygens (including phenoxy) is 3. The number of nitrogens with two attached hydrogens (primary N) is 1. The van der Waals surface area contributed by atoms with Gasteiger partial charge in [-0.05, 0) is 69.1 Å². The molecule has 2 aromatic heterocycles. The van der Waals surface area contributed by atoms with Crippen LogP contribution in [0.1, 0.15) is 63.0 Å². The first-order chi connectivity index (χ1) is 21.8. The average Bonchev–Trinajstić information content (AvgIpc) is 3.82. The lowest BCUT2D eigenvalue weighted by molar-refractivity contribution is -0.0101. The third kappa shape index (κ3) is 4.79. The molecule has 6 heterocycles. The Morgan fingerprint density at radius 3 is 2.76 bits per heavy atom. The van der Waals surface area contributed by atoms with Gasteiger partial charge in [0, 0.05) is 43.3 Å². The van der Waals surface area contributed by atoms with Gasteiger partial charge in [-0.15, -0.1) is 0 Å². The minimum Gasteiger partial charge on any atom is -0.472 e. The van der Waals surface area contributed by atoms with Crippen LogP contribution in [0.2, 0.25) is 0 Å². The second-order valence-electron chi connectivity index (χ2n) is 13.3. The zero-order valence-corrected chi connectivity index (χ0v) is 26.1. The van der Waals surface area contributed by atoms with Crippen LogP contribution in [0.15, 0.2) is 6.07 Å². The Kier molecular flexibility index (Phi) is 7.22. The molecule has 10 nitrogen and oxygen atoms in total. The summed E-state index contributed by atoms with van der Waals surface area (Å²) < 4.78 is 51.5. The molecule has 0 spiro atoms. The van der Waals surface area contributed by atoms with E-state index in [0.717, 1.165) is 62.9 Å². The van der Waals surface area contributed by atoms with Crippen molar-refractivity contribution in [2.24, 2.45) is 0 Å². The fourth-order valence-electron chi connectivity index (χ4n) is 8.21. The number of anilines is 2. The zero-order valence-electron chi connectivity index (χ0n) is 26.1. The monoisotopic (exact) mass is 621 g/mol. The number of nitrogens with zero attached hydrogens (tertiary/aromatic N) is 5. The van der Waals surface area contributed by atoms with Crippen LogP contribution in [-0.4, -0.2) is 89.6 Å². The van der Waals surface area contributed by atoms with Crippen molar-refractivity contribution >= 4 is 22.4 Å². The molecule has 1 saturated carbocycles. The fourth-order valence-corrected chi connectivity index (χ4v) is 8.21. The van der Waals surface area contributed by atoms with E-state index in [2.05, 4.69) is 27.0 Å². The predicted molar refractivity (Wildman–Crippen MR) is 167 cm³/mol. The van der Waals surface area contributed by atoms with Gasteiger partial charge in [-0.3, -0.25) is 4.90 Å². The van der Waals surface area contributed by atoms with Crippen LogP contribution in [0, 0.1) is 18.6 Å². The summed E-state index contributed by atoms with van der Waals surface area (Å²) in [5.41, 5.74) is 7.65. The summed E-state index contributed by atoms with van der Waals surface area (Å²) in [5.74, 6) is -0.514. The molecule has 0 bridgehead atoms. The Labute approximate surface area is 261 Å². The van der Waals surface area contributed by atoms with E-state index in [1.54, 1.807) is 6.07 Å². The summed E-state index contributed by atoms with van der Waals surface area (Å²) in [6.07, 6.45) is 4.41. The van der Waals surface area contributed by atoms with Gasteiger partial charge in [-0.1, -0.05) is 6.92 Å². The number of morpholine rings is 1. The van der Waals surface area contributed by atoms with Crippen LogP contribution in [0.5, 0.6) is 11.9 Å². The Bertz CT molecular complexity index is 1650. The highest BCUT2D eigenvalue weighted by molar-refractivity contribution is 5.97. The van der Waals surface area contributed by atoms with Crippen LogP contribution < -0.4 is 25.4 Å². The molecule has 5 atom stereocenters. The second-order valence-corrected chi connectivity index (χ2v) is 13.3. The lowest BCUT2D eigenvalue weighted by Crippen LogP contribution is -2.62. The molecule has 0 radical (unpaired) electrons. The zero-order chi connectivity index (χ0) is 31.0. The number of rotatable bonds is 6. The maximum Gasteiger partial charge on any atom is 0.319 e. The first-order valence-electron chi connectivity index (χ1n) is 16.5. The molecule has 3 N–H and O–H groups in total. The van der Waals surface area contributed by atoms with E-state index in [0.29, 0.717) is 37.0 Å². The highest BCUT2D eigenvalue weighted by atomic mass is 19.1. The van der Waals surface area contributed by atoms with Crippen molar-refractivity contribution in [3.8, 4) is 23.1 Å². The number of hydrogen-bond donors (Lipinski definition) is 2. The molecule has 1 unspecified atom stereocenters. The quantitative estimate of drug-likeness (QED) is 0.386. The number of aromatic nitrogens is 3. The molecular formula is C33H41F2N7O3. The summed E-state index contributed by atoms with van der Waals surface area (Å²) in [4.78, 5) is 19.0. The van der Waals surface area contributed by atoms with Gasteiger partial charge < -0.3 is 30.2 Å². The van der Waals surface area contributed by atoms with Gasteiger partial charge in [0.1, 0.15) is 35.1 Å². The Hall–Kier alpha value is -3.35. The summed E-state index contributed by atoms with van der Waals surface area (Å²) in [6.45, 7) is 10.1. The van der Waals surface area contributed by atoms with E-state index in [1.165, 1.54) is 0 Å². The highest BCUT2D eigenvalue weighted by Gasteiger charge is 2.43. The van der Waals surface area contributed by atoms with Crippen LogP contribution in [-0.2, 0) is 4.74 Å². The van der Waals surface area contributed by atoms with E-state index in [4.69, 9.17) is 29.9 Å². The van der Waals surface area contributed by atoms with Crippen molar-refractivity contribution in [1.82, 2.24) is 25.2 Å². The molecular weight excluding hydrogens is 580 g/mol. The van der Waals surface area contributed by atoms with E-state index >= 15 is 8.78 Å². The molecule has 1 aliphatic carbocycles. The lowest BCUT2D eigenvalue weighted by atomic mass is 9.93. The van der Waals surface area contributed by atoms with Gasteiger partial charge in [-0.2, -0.15) is 9.97 Å². The van der Waals surface area contributed by atoms with E-state index in [-0.39, 0.29) is 64.5 Å². The predicted octanol–water partition coefficient (Wildman–Crippen LogP) is 4.32. The van der Waals surface area contributed by atoms with Gasteiger partial charge in [0.15, 0.2) is 11.6 Å². The van der Waals surface area contributed by atoms with Crippen molar-refractivity contribution in [3.63, 3.8) is 0 Å². The molecule has 240 valence electrons. The molecule has 3 saturated heterocycles. The number of piperazine rings is 1. The Morgan fingerprint density at radius 1 is 1.11 bits per heavy atom.